The fourth-order valence-corrected chi connectivity index (χ4v) is 6.72. The standard InChI is InChI=1S/C32H33NO2S/c1-3-4-5-9-16-29-28-17-10-14-26-15-11-18-30(31(26)28)32(29)33(23-25-12-7-6-8-13-25)36(34,35)27-21-19-24(2)20-22-27/h6-8,10-15,17-22H,3-5,9,16,23H2,1-2H3. The zero-order chi connectivity index (χ0) is 25.1. The summed E-state index contributed by atoms with van der Waals surface area (Å²) in [5.74, 6) is 0. The monoisotopic (exact) mass is 495 g/mol. The van der Waals surface area contributed by atoms with E-state index in [1.54, 1.807) is 16.4 Å². The van der Waals surface area contributed by atoms with Gasteiger partial charge in [-0.2, -0.15) is 0 Å². The molecule has 5 rings (SSSR count). The molecule has 0 atom stereocenters. The van der Waals surface area contributed by atoms with Crippen molar-refractivity contribution in [3.63, 3.8) is 0 Å². The Hall–Kier alpha value is -3.37. The molecule has 4 heteroatoms. The van der Waals surface area contributed by atoms with Gasteiger partial charge in [0.2, 0.25) is 0 Å². The van der Waals surface area contributed by atoms with E-state index in [9.17, 15) is 8.42 Å². The van der Waals surface area contributed by atoms with E-state index in [2.05, 4.69) is 37.3 Å². The highest BCUT2D eigenvalue weighted by atomic mass is 32.2. The Morgan fingerprint density at radius 2 is 1.42 bits per heavy atom. The maximum Gasteiger partial charge on any atom is 0.264 e. The summed E-state index contributed by atoms with van der Waals surface area (Å²) >= 11 is 0. The maximum atomic E-state index is 14.3. The Bertz CT molecular complexity index is 1500. The quantitative estimate of drug-likeness (QED) is 0.208. The average Bonchev–Trinajstić information content (AvgIpc) is 3.21. The van der Waals surface area contributed by atoms with Gasteiger partial charge in [0.15, 0.2) is 0 Å². The van der Waals surface area contributed by atoms with Crippen LogP contribution < -0.4 is 0 Å². The van der Waals surface area contributed by atoms with Gasteiger partial charge in [-0.05, 0) is 59.4 Å². The molecular formula is C32H33NO2S. The molecule has 36 heavy (non-hydrogen) atoms. The fourth-order valence-electron chi connectivity index (χ4n) is 5.22. The lowest BCUT2D eigenvalue weighted by Crippen LogP contribution is -2.29. The van der Waals surface area contributed by atoms with Crippen molar-refractivity contribution in [1.82, 2.24) is 4.31 Å². The number of hydrogen-bond acceptors (Lipinski definition) is 2. The number of benzene rings is 4. The number of sulfonamides is 1. The van der Waals surface area contributed by atoms with E-state index in [0.717, 1.165) is 58.0 Å². The van der Waals surface area contributed by atoms with Gasteiger partial charge in [-0.1, -0.05) is 111 Å². The minimum absolute atomic E-state index is 0.287. The summed E-state index contributed by atoms with van der Waals surface area (Å²) in [7, 11) is -3.81. The van der Waals surface area contributed by atoms with Crippen molar-refractivity contribution < 1.29 is 8.42 Å². The number of nitrogens with zero attached hydrogens (tertiary/aromatic N) is 1. The summed E-state index contributed by atoms with van der Waals surface area (Å²) < 4.78 is 30.3. The van der Waals surface area contributed by atoms with Gasteiger partial charge in [0, 0.05) is 5.56 Å². The predicted octanol–water partition coefficient (Wildman–Crippen LogP) is 8.19. The molecule has 3 nitrogen and oxygen atoms in total. The number of rotatable bonds is 10. The molecule has 0 heterocycles. The first-order chi connectivity index (χ1) is 17.5. The summed E-state index contributed by atoms with van der Waals surface area (Å²) in [6.45, 7) is 4.48. The largest absolute Gasteiger partial charge is 0.264 e. The van der Waals surface area contributed by atoms with Crippen molar-refractivity contribution in [1.29, 1.82) is 0 Å². The molecule has 4 aromatic rings. The highest BCUT2D eigenvalue weighted by molar-refractivity contribution is 7.89. The van der Waals surface area contributed by atoms with Crippen LogP contribution in [0.15, 0.2) is 95.9 Å². The van der Waals surface area contributed by atoms with Crippen LogP contribution in [-0.4, -0.2) is 12.7 Å². The minimum atomic E-state index is -3.81. The first-order valence-electron chi connectivity index (χ1n) is 12.9. The van der Waals surface area contributed by atoms with Gasteiger partial charge in [-0.25, -0.2) is 8.42 Å². The van der Waals surface area contributed by atoms with Crippen LogP contribution in [0, 0.1) is 6.92 Å². The van der Waals surface area contributed by atoms with E-state index in [4.69, 9.17) is 0 Å². The molecule has 1 aliphatic carbocycles. The highest BCUT2D eigenvalue weighted by Gasteiger charge is 2.34. The van der Waals surface area contributed by atoms with Crippen LogP contribution in [0.3, 0.4) is 0 Å². The third-order valence-corrected chi connectivity index (χ3v) is 8.84. The van der Waals surface area contributed by atoms with E-state index in [-0.39, 0.29) is 6.54 Å². The molecule has 0 saturated heterocycles. The van der Waals surface area contributed by atoms with Gasteiger partial charge >= 0.3 is 0 Å². The van der Waals surface area contributed by atoms with Gasteiger partial charge < -0.3 is 0 Å². The van der Waals surface area contributed by atoms with Crippen molar-refractivity contribution in [3.05, 3.63) is 113 Å². The molecule has 0 bridgehead atoms. The van der Waals surface area contributed by atoms with Gasteiger partial charge in [-0.3, -0.25) is 4.31 Å². The summed E-state index contributed by atoms with van der Waals surface area (Å²) in [4.78, 5) is 0.324. The van der Waals surface area contributed by atoms with Crippen molar-refractivity contribution in [3.8, 4) is 0 Å². The Morgan fingerprint density at radius 3 is 2.11 bits per heavy atom. The molecule has 0 saturated carbocycles. The normalized spacial score (nSPS) is 12.9. The Kier molecular flexibility index (Phi) is 6.97. The number of unbranched alkanes of at least 4 members (excludes halogenated alkanes) is 3. The predicted molar refractivity (Wildman–Crippen MR) is 150 cm³/mol. The lowest BCUT2D eigenvalue weighted by Gasteiger charge is -2.28. The first kappa shape index (κ1) is 24.3. The lowest BCUT2D eigenvalue weighted by molar-refractivity contribution is 0.507. The molecule has 0 unspecified atom stereocenters. The van der Waals surface area contributed by atoms with Crippen LogP contribution in [0.2, 0.25) is 0 Å². The topological polar surface area (TPSA) is 37.4 Å². The molecular weight excluding hydrogens is 462 g/mol. The zero-order valence-electron chi connectivity index (χ0n) is 21.1. The zero-order valence-corrected chi connectivity index (χ0v) is 21.9. The molecule has 0 N–H and O–H groups in total. The second-order valence-corrected chi connectivity index (χ2v) is 11.5. The lowest BCUT2D eigenvalue weighted by atomic mass is 9.99. The van der Waals surface area contributed by atoms with Crippen molar-refractivity contribution >= 4 is 32.1 Å². The average molecular weight is 496 g/mol. The second kappa shape index (κ2) is 10.3. The third kappa shape index (κ3) is 4.58. The van der Waals surface area contributed by atoms with Gasteiger partial charge in [-0.15, -0.1) is 0 Å². The molecule has 4 aromatic carbocycles. The number of allylic oxidation sites excluding steroid dienone is 1. The van der Waals surface area contributed by atoms with Gasteiger partial charge in [0.25, 0.3) is 10.0 Å². The van der Waals surface area contributed by atoms with Crippen molar-refractivity contribution in [2.24, 2.45) is 0 Å². The minimum Gasteiger partial charge on any atom is -0.261 e. The van der Waals surface area contributed by atoms with Crippen LogP contribution in [0.25, 0.3) is 22.0 Å². The van der Waals surface area contributed by atoms with E-state index < -0.39 is 10.0 Å². The summed E-state index contributed by atoms with van der Waals surface area (Å²) in [5, 5.41) is 2.32. The van der Waals surface area contributed by atoms with Crippen molar-refractivity contribution in [2.75, 3.05) is 0 Å². The SMILES string of the molecule is CCCCCCC1=C(N(Cc2ccccc2)S(=O)(=O)c2ccc(C)cc2)c2cccc3cccc1c23. The molecule has 0 radical (unpaired) electrons. The van der Waals surface area contributed by atoms with Crippen LogP contribution in [-0.2, 0) is 16.6 Å². The van der Waals surface area contributed by atoms with Crippen LogP contribution in [0.5, 0.6) is 0 Å². The third-order valence-electron chi connectivity index (χ3n) is 7.08. The second-order valence-electron chi connectivity index (χ2n) is 9.66. The van der Waals surface area contributed by atoms with E-state index in [1.165, 1.54) is 18.4 Å². The smallest absolute Gasteiger partial charge is 0.261 e. The van der Waals surface area contributed by atoms with Crippen molar-refractivity contribution in [2.45, 2.75) is 57.4 Å². The molecule has 0 aromatic heterocycles. The number of aryl methyl sites for hydroxylation is 1. The number of hydrogen-bond donors (Lipinski definition) is 0. The Labute approximate surface area is 215 Å². The van der Waals surface area contributed by atoms with Crippen LogP contribution in [0.1, 0.15) is 61.3 Å². The van der Waals surface area contributed by atoms with Crippen LogP contribution in [0.4, 0.5) is 0 Å². The van der Waals surface area contributed by atoms with E-state index in [1.807, 2.05) is 55.5 Å². The molecule has 184 valence electrons. The summed E-state index contributed by atoms with van der Waals surface area (Å²) in [6.07, 6.45) is 5.40. The Morgan fingerprint density at radius 1 is 0.722 bits per heavy atom. The van der Waals surface area contributed by atoms with Gasteiger partial charge in [0.05, 0.1) is 17.1 Å². The molecule has 0 spiro atoms. The van der Waals surface area contributed by atoms with Crippen LogP contribution >= 0.6 is 0 Å². The molecule has 1 aliphatic rings. The first-order valence-corrected chi connectivity index (χ1v) is 14.3. The van der Waals surface area contributed by atoms with E-state index >= 15 is 0 Å². The molecule has 0 amide bonds. The van der Waals surface area contributed by atoms with E-state index in [0.29, 0.717) is 4.90 Å². The molecule has 0 fully saturated rings. The summed E-state index contributed by atoms with van der Waals surface area (Å²) in [6, 6.07) is 29.7. The Balaban J connectivity index is 1.71. The highest BCUT2D eigenvalue weighted by Crippen LogP contribution is 2.47. The van der Waals surface area contributed by atoms with Gasteiger partial charge in [0.1, 0.15) is 0 Å². The fraction of sp³-hybridized carbons (Fsp3) is 0.250. The maximum absolute atomic E-state index is 14.3. The molecule has 0 aliphatic heterocycles. The summed E-state index contributed by atoms with van der Waals surface area (Å²) in [5.41, 5.74) is 6.17.